The van der Waals surface area contributed by atoms with Gasteiger partial charge in [0.25, 0.3) is 0 Å². The average molecular weight is 471 g/mol. The summed E-state index contributed by atoms with van der Waals surface area (Å²) >= 11 is 0. The van der Waals surface area contributed by atoms with Crippen molar-refractivity contribution in [3.63, 3.8) is 0 Å². The Labute approximate surface area is 214 Å². The quantitative estimate of drug-likeness (QED) is 0.0769. The third-order valence-corrected chi connectivity index (χ3v) is 6.70. The summed E-state index contributed by atoms with van der Waals surface area (Å²) < 4.78 is 0. The molecule has 0 heterocycles. The van der Waals surface area contributed by atoms with Crippen molar-refractivity contribution in [3.8, 4) is 0 Å². The van der Waals surface area contributed by atoms with Crippen LogP contribution in [0.5, 0.6) is 0 Å². The highest BCUT2D eigenvalue weighted by molar-refractivity contribution is 5.87. The Morgan fingerprint density at radius 2 is 1.31 bits per heavy atom. The molecule has 0 atom stereocenters. The highest BCUT2D eigenvalue weighted by atomic mass is 14.8. The van der Waals surface area contributed by atoms with E-state index in [9.17, 15) is 5.53 Å². The lowest BCUT2D eigenvalue weighted by Gasteiger charge is -2.19. The van der Waals surface area contributed by atoms with Crippen molar-refractivity contribution in [1.82, 2.24) is 0 Å². The summed E-state index contributed by atoms with van der Waals surface area (Å²) in [5.41, 5.74) is 18.5. The molecule has 0 radical (unpaired) electrons. The average Bonchev–Trinajstić information content (AvgIpc) is 2.88. The van der Waals surface area contributed by atoms with Gasteiger partial charge in [-0.15, -0.1) is 4.79 Å². The number of allylic oxidation sites excluding steroid dienone is 2. The van der Waals surface area contributed by atoms with Gasteiger partial charge in [0.15, 0.2) is 0 Å². The van der Waals surface area contributed by atoms with E-state index in [4.69, 9.17) is 0 Å². The molecule has 2 nitrogen and oxygen atoms in total. The molecule has 0 bridgehead atoms. The number of hydrogen-bond acceptors (Lipinski definition) is 0. The van der Waals surface area contributed by atoms with Gasteiger partial charge in [-0.3, -0.25) is 0 Å². The Balaban J connectivity index is 2.77. The molecule has 0 aliphatic rings. The van der Waals surface area contributed by atoms with E-state index in [0.29, 0.717) is 0 Å². The summed E-state index contributed by atoms with van der Waals surface area (Å²) in [6.45, 7) is 8.96. The van der Waals surface area contributed by atoms with E-state index in [1.54, 1.807) is 0 Å². The van der Waals surface area contributed by atoms with Gasteiger partial charge in [-0.2, -0.15) is 0 Å². The molecule has 0 fully saturated rings. The van der Waals surface area contributed by atoms with E-state index in [1.807, 2.05) is 0 Å². The second-order valence-corrected chi connectivity index (χ2v) is 9.71. The molecule has 0 unspecified atom stereocenters. The highest BCUT2D eigenvalue weighted by Gasteiger charge is 2.18. The predicted octanol–water partition coefficient (Wildman–Crippen LogP) is 9.77. The normalized spacial score (nSPS) is 11.5. The zero-order chi connectivity index (χ0) is 25.3. The first-order valence-electron chi connectivity index (χ1n) is 14.1. The van der Waals surface area contributed by atoms with Crippen LogP contribution in [0.4, 0.5) is 0 Å². The molecule has 2 aromatic carbocycles. The Morgan fingerprint density at radius 1 is 0.686 bits per heavy atom. The zero-order valence-corrected chi connectivity index (χ0v) is 22.7. The summed E-state index contributed by atoms with van der Waals surface area (Å²) in [5.74, 6) is 3.01. The predicted molar refractivity (Wildman–Crippen MR) is 152 cm³/mol. The number of nitrogens with zero attached hydrogens (tertiary/aromatic N) is 2. The minimum Gasteiger partial charge on any atom is -0.348 e. The first-order chi connectivity index (χ1) is 17.2. The van der Waals surface area contributed by atoms with E-state index in [2.05, 4.69) is 86.9 Å². The summed E-state index contributed by atoms with van der Waals surface area (Å²) in [5, 5.41) is 0. The second kappa shape index (κ2) is 16.9. The molecular weight excluding hydrogens is 424 g/mol. The number of benzene rings is 2. The number of unbranched alkanes of at least 4 members (excludes halogenated alkanes) is 5. The second-order valence-electron chi connectivity index (χ2n) is 9.71. The fourth-order valence-corrected chi connectivity index (χ4v) is 4.79. The van der Waals surface area contributed by atoms with E-state index in [1.165, 1.54) is 65.5 Å². The first-order valence-corrected chi connectivity index (χ1v) is 14.1. The van der Waals surface area contributed by atoms with Gasteiger partial charge >= 0.3 is 5.87 Å². The van der Waals surface area contributed by atoms with Crippen molar-refractivity contribution >= 4 is 11.4 Å². The van der Waals surface area contributed by atoms with Crippen LogP contribution in [0.3, 0.4) is 0 Å². The SMILES string of the molecule is CCCCCCC(C(=C=[N+]=[N-])CCCC)=C(c1cccc(CCC)c1)c1cccc(CCCC)c1. The van der Waals surface area contributed by atoms with Crippen molar-refractivity contribution in [2.75, 3.05) is 0 Å². The minimum atomic E-state index is 0.886. The largest absolute Gasteiger partial charge is 0.348 e. The van der Waals surface area contributed by atoms with Gasteiger partial charge in [-0.1, -0.05) is 115 Å². The standard InChI is InChI=1S/C33H46N2/c1-5-9-12-13-23-32(31(26-35-34)20-11-7-3)33(29-21-14-18-27(24-29)16-8-4)30-22-15-19-28(25-30)17-10-6-2/h14-15,18-19,21-22,24-25H,5-13,16-17,20,23H2,1-4H3. The molecule has 188 valence electrons. The molecule has 35 heavy (non-hydrogen) atoms. The monoisotopic (exact) mass is 470 g/mol. The van der Waals surface area contributed by atoms with Crippen molar-refractivity contribution in [2.24, 2.45) is 0 Å². The van der Waals surface area contributed by atoms with Crippen LogP contribution in [0.2, 0.25) is 0 Å². The van der Waals surface area contributed by atoms with E-state index in [-0.39, 0.29) is 0 Å². The van der Waals surface area contributed by atoms with Crippen LogP contribution in [0.25, 0.3) is 11.1 Å². The molecule has 2 aromatic rings. The lowest BCUT2D eigenvalue weighted by atomic mass is 9.84. The van der Waals surface area contributed by atoms with E-state index >= 15 is 0 Å². The molecule has 2 heteroatoms. The molecule has 2 rings (SSSR count). The molecule has 0 aliphatic carbocycles. The first kappa shape index (κ1) is 28.6. The lowest BCUT2D eigenvalue weighted by Crippen LogP contribution is -2.02. The van der Waals surface area contributed by atoms with E-state index < -0.39 is 0 Å². The summed E-state index contributed by atoms with van der Waals surface area (Å²) in [4.78, 5) is 3.41. The number of rotatable bonds is 16. The third kappa shape index (κ3) is 9.48. The summed E-state index contributed by atoms with van der Waals surface area (Å²) in [6, 6.07) is 18.2. The maximum Gasteiger partial charge on any atom is 0.303 e. The van der Waals surface area contributed by atoms with Gasteiger partial charge in [-0.05, 0) is 78.3 Å². The van der Waals surface area contributed by atoms with Crippen molar-refractivity contribution in [2.45, 2.75) is 111 Å². The molecule has 0 saturated heterocycles. The van der Waals surface area contributed by atoms with Gasteiger partial charge < -0.3 is 5.53 Å². The molecule has 0 aromatic heterocycles. The number of aryl methyl sites for hydroxylation is 2. The van der Waals surface area contributed by atoms with Gasteiger partial charge in [0, 0.05) is 0 Å². The van der Waals surface area contributed by atoms with Crippen LogP contribution >= 0.6 is 0 Å². The molecule has 0 saturated carbocycles. The van der Waals surface area contributed by atoms with E-state index in [0.717, 1.165) is 56.9 Å². The molecule has 0 N–H and O–H groups in total. The van der Waals surface area contributed by atoms with Gasteiger partial charge in [-0.25, -0.2) is 0 Å². The lowest BCUT2D eigenvalue weighted by molar-refractivity contribution is 0.00739. The topological polar surface area (TPSA) is 36.4 Å². The van der Waals surface area contributed by atoms with Crippen LogP contribution in [0, 0.1) is 0 Å². The molecular formula is C33H46N2. The van der Waals surface area contributed by atoms with Gasteiger partial charge in [0.2, 0.25) is 0 Å². The smallest absolute Gasteiger partial charge is 0.303 e. The van der Waals surface area contributed by atoms with Gasteiger partial charge in [0.1, 0.15) is 0 Å². The molecule has 0 spiro atoms. The Kier molecular flexibility index (Phi) is 13.8. The van der Waals surface area contributed by atoms with Crippen LogP contribution < -0.4 is 0 Å². The maximum atomic E-state index is 9.54. The maximum absolute atomic E-state index is 9.54. The highest BCUT2D eigenvalue weighted by Crippen LogP contribution is 2.35. The van der Waals surface area contributed by atoms with Crippen molar-refractivity contribution in [1.29, 1.82) is 0 Å². The zero-order valence-electron chi connectivity index (χ0n) is 22.7. The van der Waals surface area contributed by atoms with Crippen LogP contribution in [0.15, 0.2) is 59.7 Å². The van der Waals surface area contributed by atoms with Crippen LogP contribution in [-0.2, 0) is 12.8 Å². The Morgan fingerprint density at radius 3 is 1.89 bits per heavy atom. The summed E-state index contributed by atoms with van der Waals surface area (Å²) in [6.07, 6.45) is 14.6. The van der Waals surface area contributed by atoms with Crippen molar-refractivity contribution in [3.05, 3.63) is 87.5 Å². The Hall–Kier alpha value is -2.66. The minimum absolute atomic E-state index is 0.886. The fraction of sp³-hybridized carbons (Fsp3) is 0.515. The van der Waals surface area contributed by atoms with Crippen LogP contribution in [-0.4, -0.2) is 10.7 Å². The molecule has 0 amide bonds. The van der Waals surface area contributed by atoms with Gasteiger partial charge in [0.05, 0.1) is 5.57 Å². The fourth-order valence-electron chi connectivity index (χ4n) is 4.79. The van der Waals surface area contributed by atoms with Crippen LogP contribution in [0.1, 0.15) is 121 Å². The Bertz CT molecular complexity index is 1020. The summed E-state index contributed by atoms with van der Waals surface area (Å²) in [7, 11) is 0. The van der Waals surface area contributed by atoms with Crippen molar-refractivity contribution < 1.29 is 4.79 Å². The third-order valence-electron chi connectivity index (χ3n) is 6.70. The number of hydrogen-bond donors (Lipinski definition) is 0. The molecule has 0 aliphatic heterocycles.